The van der Waals surface area contributed by atoms with Crippen LogP contribution in [0, 0.1) is 6.92 Å². The number of fused-ring (bicyclic) bond motifs is 2. The van der Waals surface area contributed by atoms with Crippen molar-refractivity contribution in [2.24, 2.45) is 0 Å². The number of methoxy groups -OCH3 is 1. The van der Waals surface area contributed by atoms with E-state index in [1.165, 1.54) is 0 Å². The molecule has 2 heterocycles. The van der Waals surface area contributed by atoms with Crippen molar-refractivity contribution in [3.8, 4) is 11.5 Å². The fourth-order valence-electron chi connectivity index (χ4n) is 4.87. The Labute approximate surface area is 226 Å². The topological polar surface area (TPSA) is 69.0 Å². The van der Waals surface area contributed by atoms with Crippen LogP contribution in [0.25, 0.3) is 11.0 Å². The van der Waals surface area contributed by atoms with Crippen molar-refractivity contribution in [2.45, 2.75) is 39.2 Å². The van der Waals surface area contributed by atoms with Gasteiger partial charge in [0.05, 0.1) is 30.7 Å². The first-order chi connectivity index (χ1) is 18.4. The molecule has 1 aliphatic heterocycles. The summed E-state index contributed by atoms with van der Waals surface area (Å²) in [6, 6.07) is 18.1. The predicted octanol–water partition coefficient (Wildman–Crippen LogP) is 6.73. The van der Waals surface area contributed by atoms with Crippen molar-refractivity contribution < 1.29 is 18.7 Å². The number of nitrogens with zero attached hydrogens (tertiary/aromatic N) is 1. The molecular weight excluding hydrogens is 502 g/mol. The van der Waals surface area contributed by atoms with Gasteiger partial charge < -0.3 is 18.8 Å². The maximum atomic E-state index is 13.9. The first kappa shape index (κ1) is 25.9. The Balaban J connectivity index is 1.58. The van der Waals surface area contributed by atoms with Gasteiger partial charge >= 0.3 is 0 Å². The lowest BCUT2D eigenvalue weighted by atomic mass is 9.97. The van der Waals surface area contributed by atoms with E-state index in [1.54, 1.807) is 24.1 Å². The van der Waals surface area contributed by atoms with Gasteiger partial charge in [0.2, 0.25) is 5.76 Å². The molecular formula is C31H30ClNO5. The Kier molecular flexibility index (Phi) is 7.43. The van der Waals surface area contributed by atoms with Crippen LogP contribution in [0.4, 0.5) is 0 Å². The van der Waals surface area contributed by atoms with Gasteiger partial charge in [0.25, 0.3) is 5.91 Å². The maximum Gasteiger partial charge on any atom is 0.290 e. The second-order valence-corrected chi connectivity index (χ2v) is 9.95. The number of carbonyl (C=O) groups excluding carboxylic acids is 1. The van der Waals surface area contributed by atoms with Crippen molar-refractivity contribution >= 4 is 28.5 Å². The van der Waals surface area contributed by atoms with E-state index in [0.717, 1.165) is 35.3 Å². The lowest BCUT2D eigenvalue weighted by Gasteiger charge is -2.25. The number of unbranched alkanes of at least 4 members (excludes halogenated alkanes) is 1. The van der Waals surface area contributed by atoms with Gasteiger partial charge in [-0.15, -0.1) is 0 Å². The van der Waals surface area contributed by atoms with E-state index in [-0.39, 0.29) is 17.1 Å². The number of aryl methyl sites for hydroxylation is 1. The molecule has 1 aromatic heterocycles. The molecule has 0 aliphatic carbocycles. The third-order valence-corrected chi connectivity index (χ3v) is 7.40. The van der Waals surface area contributed by atoms with E-state index < -0.39 is 6.04 Å². The fourth-order valence-corrected chi connectivity index (χ4v) is 5.03. The predicted molar refractivity (Wildman–Crippen MR) is 149 cm³/mol. The molecule has 1 aliphatic rings. The zero-order valence-electron chi connectivity index (χ0n) is 21.8. The number of hydrogen-bond donors (Lipinski definition) is 0. The zero-order valence-corrected chi connectivity index (χ0v) is 22.5. The van der Waals surface area contributed by atoms with Crippen molar-refractivity contribution in [1.29, 1.82) is 0 Å². The van der Waals surface area contributed by atoms with Gasteiger partial charge in [0.15, 0.2) is 5.43 Å². The molecule has 4 aromatic rings. The highest BCUT2D eigenvalue weighted by molar-refractivity contribution is 6.32. The molecule has 38 heavy (non-hydrogen) atoms. The molecule has 7 heteroatoms. The average Bonchev–Trinajstić information content (AvgIpc) is 3.21. The van der Waals surface area contributed by atoms with Gasteiger partial charge in [0.1, 0.15) is 17.1 Å². The van der Waals surface area contributed by atoms with Gasteiger partial charge in [-0.3, -0.25) is 9.59 Å². The smallest absolute Gasteiger partial charge is 0.290 e. The summed E-state index contributed by atoms with van der Waals surface area (Å²) in [4.78, 5) is 29.3. The van der Waals surface area contributed by atoms with E-state index in [9.17, 15) is 9.59 Å². The molecule has 5 rings (SSSR count). The molecule has 1 unspecified atom stereocenters. The summed E-state index contributed by atoms with van der Waals surface area (Å²) in [5.41, 5.74) is 3.07. The number of halogens is 1. The molecule has 0 fully saturated rings. The van der Waals surface area contributed by atoms with Crippen molar-refractivity contribution in [3.63, 3.8) is 0 Å². The molecule has 0 bridgehead atoms. The van der Waals surface area contributed by atoms with Crippen LogP contribution in [0.5, 0.6) is 11.5 Å². The van der Waals surface area contributed by atoms with E-state index in [1.807, 2.05) is 55.5 Å². The fraction of sp³-hybridized carbons (Fsp3) is 0.290. The van der Waals surface area contributed by atoms with E-state index in [0.29, 0.717) is 46.9 Å². The maximum absolute atomic E-state index is 13.9. The Morgan fingerprint density at radius 2 is 1.82 bits per heavy atom. The highest BCUT2D eigenvalue weighted by atomic mass is 35.5. The van der Waals surface area contributed by atoms with E-state index in [4.69, 9.17) is 25.5 Å². The summed E-state index contributed by atoms with van der Waals surface area (Å²) >= 11 is 6.36. The van der Waals surface area contributed by atoms with Crippen LogP contribution < -0.4 is 14.9 Å². The van der Waals surface area contributed by atoms with Crippen LogP contribution in [0.2, 0.25) is 5.02 Å². The second-order valence-electron chi connectivity index (χ2n) is 9.55. The molecule has 0 spiro atoms. The molecule has 0 radical (unpaired) electrons. The third kappa shape index (κ3) is 4.88. The first-order valence-corrected chi connectivity index (χ1v) is 13.2. The summed E-state index contributed by atoms with van der Waals surface area (Å²) < 4.78 is 17.3. The number of ether oxygens (including phenoxy) is 2. The number of amides is 1. The van der Waals surface area contributed by atoms with Crippen molar-refractivity contribution in [1.82, 2.24) is 4.90 Å². The average molecular weight is 532 g/mol. The standard InChI is InChI=1S/C31H30ClNO5/c1-4-5-15-37-23-8-6-7-21(17-23)28-27-29(34)24-18-25(32)19(2)16-26(24)38-30(27)31(35)33(28)14-13-20-9-11-22(36-3)12-10-20/h6-12,16-18,28H,4-5,13-15H2,1-3H3. The molecule has 6 nitrogen and oxygen atoms in total. The van der Waals surface area contributed by atoms with Gasteiger partial charge in [-0.2, -0.15) is 0 Å². The lowest BCUT2D eigenvalue weighted by molar-refractivity contribution is 0.0729. The molecule has 1 amide bonds. The van der Waals surface area contributed by atoms with Crippen LogP contribution >= 0.6 is 11.6 Å². The summed E-state index contributed by atoms with van der Waals surface area (Å²) in [6.45, 7) is 4.95. The van der Waals surface area contributed by atoms with E-state index >= 15 is 0 Å². The number of carbonyl (C=O) groups is 1. The monoisotopic (exact) mass is 531 g/mol. The Bertz CT molecular complexity index is 1540. The molecule has 0 saturated heterocycles. The molecule has 196 valence electrons. The highest BCUT2D eigenvalue weighted by Crippen LogP contribution is 2.39. The van der Waals surface area contributed by atoms with Gasteiger partial charge in [-0.25, -0.2) is 0 Å². The summed E-state index contributed by atoms with van der Waals surface area (Å²) in [5.74, 6) is 1.26. The van der Waals surface area contributed by atoms with Crippen LogP contribution in [0.3, 0.4) is 0 Å². The van der Waals surface area contributed by atoms with Crippen LogP contribution in [0.15, 0.2) is 69.9 Å². The van der Waals surface area contributed by atoms with E-state index in [2.05, 4.69) is 6.92 Å². The number of rotatable bonds is 9. The lowest BCUT2D eigenvalue weighted by Crippen LogP contribution is -2.31. The first-order valence-electron chi connectivity index (χ1n) is 12.8. The normalized spacial score (nSPS) is 14.7. The highest BCUT2D eigenvalue weighted by Gasteiger charge is 2.42. The minimum Gasteiger partial charge on any atom is -0.497 e. The Morgan fingerprint density at radius 3 is 2.55 bits per heavy atom. The van der Waals surface area contributed by atoms with Gasteiger partial charge in [0, 0.05) is 11.6 Å². The molecule has 1 atom stereocenters. The Morgan fingerprint density at radius 1 is 1.03 bits per heavy atom. The van der Waals surface area contributed by atoms with Crippen LogP contribution in [0.1, 0.15) is 58.6 Å². The third-order valence-electron chi connectivity index (χ3n) is 6.99. The molecule has 0 saturated carbocycles. The quantitative estimate of drug-likeness (QED) is 0.224. The largest absolute Gasteiger partial charge is 0.497 e. The van der Waals surface area contributed by atoms with Crippen LogP contribution in [-0.2, 0) is 6.42 Å². The van der Waals surface area contributed by atoms with Crippen LogP contribution in [-0.4, -0.2) is 31.1 Å². The number of hydrogen-bond acceptors (Lipinski definition) is 5. The van der Waals surface area contributed by atoms with Crippen molar-refractivity contribution in [3.05, 3.63) is 104 Å². The minimum atomic E-state index is -0.605. The summed E-state index contributed by atoms with van der Waals surface area (Å²) in [6.07, 6.45) is 2.57. The summed E-state index contributed by atoms with van der Waals surface area (Å²) in [7, 11) is 1.63. The van der Waals surface area contributed by atoms with Gasteiger partial charge in [-0.05, 0) is 72.9 Å². The van der Waals surface area contributed by atoms with Crippen molar-refractivity contribution in [2.75, 3.05) is 20.3 Å². The van der Waals surface area contributed by atoms with Gasteiger partial charge in [-0.1, -0.05) is 49.2 Å². The zero-order chi connectivity index (χ0) is 26.8. The Hall–Kier alpha value is -3.77. The second kappa shape index (κ2) is 10.9. The SMILES string of the molecule is CCCCOc1cccc(C2c3c(oc4cc(C)c(Cl)cc4c3=O)C(=O)N2CCc2ccc(OC)cc2)c1. The molecule has 0 N–H and O–H groups in total. The molecule has 3 aromatic carbocycles. The summed E-state index contributed by atoms with van der Waals surface area (Å²) in [5, 5.41) is 0.845. The minimum absolute atomic E-state index is 0.0845. The number of benzene rings is 3.